The van der Waals surface area contributed by atoms with Gasteiger partial charge in [-0.1, -0.05) is 103 Å². The van der Waals surface area contributed by atoms with E-state index in [9.17, 15) is 5.26 Å². The van der Waals surface area contributed by atoms with Crippen LogP contribution in [0.3, 0.4) is 0 Å². The van der Waals surface area contributed by atoms with Crippen molar-refractivity contribution < 1.29 is 0 Å². The van der Waals surface area contributed by atoms with Crippen molar-refractivity contribution >= 4 is 54.1 Å². The Kier molecular flexibility index (Phi) is 5.97. The van der Waals surface area contributed by atoms with Crippen LogP contribution in [0.1, 0.15) is 5.56 Å². The number of nitriles is 1. The smallest absolute Gasteiger partial charge is 0.0991 e. The van der Waals surface area contributed by atoms with Gasteiger partial charge in [0, 0.05) is 16.5 Å². The van der Waals surface area contributed by atoms with Crippen molar-refractivity contribution in [2.75, 3.05) is 0 Å². The highest BCUT2D eigenvalue weighted by Crippen LogP contribution is 2.40. The zero-order valence-corrected chi connectivity index (χ0v) is 26.6. The van der Waals surface area contributed by atoms with Crippen LogP contribution in [0.2, 0.25) is 0 Å². The highest BCUT2D eigenvalue weighted by molar-refractivity contribution is 6.24. The first-order chi connectivity index (χ1) is 24.2. The maximum atomic E-state index is 9.68. The Morgan fingerprint density at radius 2 is 0.816 bits per heavy atom. The van der Waals surface area contributed by atoms with E-state index in [4.69, 9.17) is 0 Å². The first-order valence-electron chi connectivity index (χ1n) is 16.6. The third-order valence-corrected chi connectivity index (χ3v) is 10.1. The quantitative estimate of drug-likeness (QED) is 0.180. The third kappa shape index (κ3) is 4.34. The summed E-state index contributed by atoms with van der Waals surface area (Å²) >= 11 is 0. The molecule has 9 aromatic carbocycles. The minimum absolute atomic E-state index is 0.666. The molecule has 0 aliphatic carbocycles. The molecule has 0 aliphatic heterocycles. The summed E-state index contributed by atoms with van der Waals surface area (Å²) in [7, 11) is 0. The SMILES string of the molecule is N#Cc1ccc2c(c1)c1cc(-c3ccc(-c4cc5ccc6cc(-c7ccccc7)cc7ccc(c4)c5c67)cc3)ccc1n2-c1ccccc1. The summed E-state index contributed by atoms with van der Waals surface area (Å²) in [5.41, 5.74) is 11.2. The zero-order chi connectivity index (χ0) is 32.5. The molecule has 0 aliphatic rings. The van der Waals surface area contributed by atoms with Crippen molar-refractivity contribution in [3.05, 3.63) is 175 Å². The Labute approximate surface area is 283 Å². The minimum atomic E-state index is 0.666. The lowest BCUT2D eigenvalue weighted by atomic mass is 9.89. The fourth-order valence-electron chi connectivity index (χ4n) is 7.78. The highest BCUT2D eigenvalue weighted by Gasteiger charge is 2.15. The van der Waals surface area contributed by atoms with Gasteiger partial charge in [-0.3, -0.25) is 0 Å². The molecule has 49 heavy (non-hydrogen) atoms. The highest BCUT2D eigenvalue weighted by atomic mass is 15.0. The zero-order valence-electron chi connectivity index (χ0n) is 26.6. The molecule has 0 amide bonds. The lowest BCUT2D eigenvalue weighted by Crippen LogP contribution is -1.93. The molecule has 0 saturated carbocycles. The summed E-state index contributed by atoms with van der Waals surface area (Å²) in [6.07, 6.45) is 0. The standard InChI is InChI=1S/C47H28N2/c48-29-30-11-21-44-42(23-30)43-28-34(20-22-45(43)49(44)41-9-5-2-6-10-41)32-12-14-33(15-13-32)40-26-37-18-16-35-24-39(31-7-3-1-4-8-31)25-36-17-19-38(27-40)47(37)46(35)36/h1-28H. The molecular weight excluding hydrogens is 593 g/mol. The van der Waals surface area contributed by atoms with Gasteiger partial charge < -0.3 is 4.57 Å². The van der Waals surface area contributed by atoms with Gasteiger partial charge in [-0.05, 0) is 132 Å². The monoisotopic (exact) mass is 620 g/mol. The molecule has 0 unspecified atom stereocenters. The van der Waals surface area contributed by atoms with Gasteiger partial charge in [0.15, 0.2) is 0 Å². The Hall–Kier alpha value is -6.69. The normalized spacial score (nSPS) is 11.7. The van der Waals surface area contributed by atoms with E-state index in [1.54, 1.807) is 0 Å². The van der Waals surface area contributed by atoms with Crippen molar-refractivity contribution in [3.63, 3.8) is 0 Å². The van der Waals surface area contributed by atoms with Gasteiger partial charge >= 0.3 is 0 Å². The molecule has 0 spiro atoms. The molecule has 0 N–H and O–H groups in total. The number of nitrogens with zero attached hydrogens (tertiary/aromatic N) is 2. The predicted molar refractivity (Wildman–Crippen MR) is 206 cm³/mol. The molecule has 0 saturated heterocycles. The summed E-state index contributed by atoms with van der Waals surface area (Å²) in [6, 6.07) is 63.4. The Morgan fingerprint density at radius 1 is 0.367 bits per heavy atom. The fourth-order valence-corrected chi connectivity index (χ4v) is 7.78. The van der Waals surface area contributed by atoms with Crippen molar-refractivity contribution in [2.45, 2.75) is 0 Å². The molecule has 2 heteroatoms. The Morgan fingerprint density at radius 3 is 1.37 bits per heavy atom. The van der Waals surface area contributed by atoms with E-state index in [0.29, 0.717) is 5.56 Å². The van der Waals surface area contributed by atoms with Crippen molar-refractivity contribution in [1.29, 1.82) is 5.26 Å². The molecule has 0 bridgehead atoms. The molecule has 0 fully saturated rings. The Bertz CT molecular complexity index is 2840. The summed E-state index contributed by atoms with van der Waals surface area (Å²) < 4.78 is 2.29. The fraction of sp³-hybridized carbons (Fsp3) is 0. The van der Waals surface area contributed by atoms with E-state index in [0.717, 1.165) is 38.6 Å². The van der Waals surface area contributed by atoms with E-state index in [1.165, 1.54) is 54.6 Å². The minimum Gasteiger partial charge on any atom is -0.309 e. The number of fused-ring (bicyclic) bond motifs is 3. The van der Waals surface area contributed by atoms with Crippen LogP contribution >= 0.6 is 0 Å². The predicted octanol–water partition coefficient (Wildman–Crippen LogP) is 12.6. The van der Waals surface area contributed by atoms with E-state index < -0.39 is 0 Å². The van der Waals surface area contributed by atoms with Gasteiger partial charge in [0.05, 0.1) is 22.7 Å². The van der Waals surface area contributed by atoms with E-state index in [-0.39, 0.29) is 0 Å². The molecule has 2 nitrogen and oxygen atoms in total. The number of benzene rings is 9. The Balaban J connectivity index is 1.05. The summed E-state index contributed by atoms with van der Waals surface area (Å²) in [6.45, 7) is 0. The maximum absolute atomic E-state index is 9.68. The lowest BCUT2D eigenvalue weighted by Gasteiger charge is -2.15. The van der Waals surface area contributed by atoms with E-state index in [1.807, 2.05) is 18.2 Å². The molecular formula is C47H28N2. The van der Waals surface area contributed by atoms with Gasteiger partial charge in [0.1, 0.15) is 0 Å². The number of para-hydroxylation sites is 1. The van der Waals surface area contributed by atoms with Gasteiger partial charge in [0.25, 0.3) is 0 Å². The second-order valence-corrected chi connectivity index (χ2v) is 12.9. The van der Waals surface area contributed by atoms with Gasteiger partial charge in [-0.25, -0.2) is 0 Å². The number of aromatic nitrogens is 1. The van der Waals surface area contributed by atoms with Gasteiger partial charge in [0.2, 0.25) is 0 Å². The third-order valence-electron chi connectivity index (χ3n) is 10.1. The van der Waals surface area contributed by atoms with Crippen molar-refractivity contribution in [2.24, 2.45) is 0 Å². The van der Waals surface area contributed by atoms with E-state index >= 15 is 0 Å². The molecule has 0 radical (unpaired) electrons. The largest absolute Gasteiger partial charge is 0.309 e. The van der Waals surface area contributed by atoms with Crippen LogP contribution in [0.5, 0.6) is 0 Å². The van der Waals surface area contributed by atoms with Crippen LogP contribution in [0.25, 0.3) is 93.2 Å². The first-order valence-corrected chi connectivity index (χ1v) is 16.6. The molecule has 10 rings (SSSR count). The number of rotatable bonds is 4. The molecule has 1 heterocycles. The summed E-state index contributed by atoms with van der Waals surface area (Å²) in [4.78, 5) is 0. The van der Waals surface area contributed by atoms with E-state index in [2.05, 4.69) is 162 Å². The second-order valence-electron chi connectivity index (χ2n) is 12.9. The summed E-state index contributed by atoms with van der Waals surface area (Å²) in [5.74, 6) is 0. The number of hydrogen-bond donors (Lipinski definition) is 0. The second kappa shape index (κ2) is 10.7. The van der Waals surface area contributed by atoms with Crippen LogP contribution in [0.15, 0.2) is 170 Å². The van der Waals surface area contributed by atoms with Gasteiger partial charge in [-0.2, -0.15) is 5.26 Å². The van der Waals surface area contributed by atoms with Crippen LogP contribution in [-0.4, -0.2) is 4.57 Å². The molecule has 0 atom stereocenters. The summed E-state index contributed by atoms with van der Waals surface area (Å²) in [5, 5.41) is 19.6. The average molecular weight is 621 g/mol. The van der Waals surface area contributed by atoms with Gasteiger partial charge in [-0.15, -0.1) is 0 Å². The van der Waals surface area contributed by atoms with Crippen molar-refractivity contribution in [1.82, 2.24) is 4.57 Å². The first kappa shape index (κ1) is 27.4. The van der Waals surface area contributed by atoms with Crippen LogP contribution < -0.4 is 0 Å². The van der Waals surface area contributed by atoms with Crippen LogP contribution in [0.4, 0.5) is 0 Å². The van der Waals surface area contributed by atoms with Crippen LogP contribution in [0, 0.1) is 11.3 Å². The number of hydrogen-bond acceptors (Lipinski definition) is 1. The maximum Gasteiger partial charge on any atom is 0.0991 e. The average Bonchev–Trinajstić information content (AvgIpc) is 3.50. The topological polar surface area (TPSA) is 28.7 Å². The molecule has 1 aromatic heterocycles. The van der Waals surface area contributed by atoms with Crippen molar-refractivity contribution in [3.8, 4) is 45.1 Å². The molecule has 10 aromatic rings. The van der Waals surface area contributed by atoms with Crippen LogP contribution in [-0.2, 0) is 0 Å². The lowest BCUT2D eigenvalue weighted by molar-refractivity contribution is 1.18. The molecule has 226 valence electrons.